The van der Waals surface area contributed by atoms with Crippen molar-refractivity contribution in [1.29, 1.82) is 0 Å². The molecule has 0 unspecified atom stereocenters. The summed E-state index contributed by atoms with van der Waals surface area (Å²) in [6.45, 7) is 7.81. The number of nitrogens with zero attached hydrogens (tertiary/aromatic N) is 2. The first-order chi connectivity index (χ1) is 15.6. The summed E-state index contributed by atoms with van der Waals surface area (Å²) in [6, 6.07) is 10.3. The molecule has 2 aliphatic heterocycles. The van der Waals surface area contributed by atoms with Crippen LogP contribution in [0.4, 0.5) is 5.69 Å². The Morgan fingerprint density at radius 2 is 2.09 bits per heavy atom. The third-order valence-electron chi connectivity index (χ3n) is 6.78. The van der Waals surface area contributed by atoms with Gasteiger partial charge in [0, 0.05) is 61.8 Å². The van der Waals surface area contributed by atoms with Crippen LogP contribution in [0.25, 0.3) is 11.1 Å². The third-order valence-corrected chi connectivity index (χ3v) is 7.09. The zero-order valence-corrected chi connectivity index (χ0v) is 19.7. The van der Waals surface area contributed by atoms with Gasteiger partial charge in [-0.05, 0) is 68.5 Å². The van der Waals surface area contributed by atoms with Crippen LogP contribution in [0.2, 0.25) is 5.02 Å². The lowest BCUT2D eigenvalue weighted by atomic mass is 9.91. The average molecular weight is 456 g/mol. The van der Waals surface area contributed by atoms with Crippen LogP contribution in [-0.2, 0) is 16.0 Å². The molecule has 0 saturated carbocycles. The number of hydrogen-bond donors (Lipinski definition) is 1. The van der Waals surface area contributed by atoms with E-state index in [0.717, 1.165) is 87.6 Å². The number of carbonyl (C=O) groups is 1. The summed E-state index contributed by atoms with van der Waals surface area (Å²) < 4.78 is 5.46. The minimum Gasteiger partial charge on any atom is -0.385 e. The van der Waals surface area contributed by atoms with Crippen molar-refractivity contribution in [2.45, 2.75) is 39.0 Å². The Morgan fingerprint density at radius 3 is 2.91 bits per heavy atom. The quantitative estimate of drug-likeness (QED) is 0.601. The van der Waals surface area contributed by atoms with E-state index in [-0.39, 0.29) is 11.7 Å². The van der Waals surface area contributed by atoms with Gasteiger partial charge in [0.05, 0.1) is 5.02 Å². The van der Waals surface area contributed by atoms with Gasteiger partial charge in [-0.2, -0.15) is 0 Å². The minimum absolute atomic E-state index is 0.113. The van der Waals surface area contributed by atoms with Crippen molar-refractivity contribution < 1.29 is 9.53 Å². The maximum atomic E-state index is 12.9. The molecule has 4 rings (SSSR count). The van der Waals surface area contributed by atoms with Crippen molar-refractivity contribution in [2.24, 2.45) is 11.8 Å². The predicted molar refractivity (Wildman–Crippen MR) is 130 cm³/mol. The van der Waals surface area contributed by atoms with E-state index in [1.165, 1.54) is 0 Å². The second-order valence-corrected chi connectivity index (χ2v) is 9.46. The number of anilines is 1. The van der Waals surface area contributed by atoms with E-state index >= 15 is 0 Å². The predicted octanol–water partition coefficient (Wildman–Crippen LogP) is 5.08. The molecule has 2 fully saturated rings. The number of pyridine rings is 1. The van der Waals surface area contributed by atoms with Crippen molar-refractivity contribution in [3.8, 4) is 11.1 Å². The van der Waals surface area contributed by atoms with Crippen LogP contribution in [-0.4, -0.2) is 55.1 Å². The number of rotatable bonds is 8. The van der Waals surface area contributed by atoms with E-state index in [0.29, 0.717) is 17.4 Å². The number of ether oxygens (including phenoxy) is 1. The fourth-order valence-electron chi connectivity index (χ4n) is 4.74. The molecule has 0 spiro atoms. The number of ketones is 1. The van der Waals surface area contributed by atoms with Crippen LogP contribution in [0.15, 0.2) is 36.5 Å². The lowest BCUT2D eigenvalue weighted by Crippen LogP contribution is -2.39. The molecule has 2 aromatic rings. The first kappa shape index (κ1) is 23.2. The molecule has 32 heavy (non-hydrogen) atoms. The summed E-state index contributed by atoms with van der Waals surface area (Å²) in [5, 5.41) is 4.18. The highest BCUT2D eigenvalue weighted by Gasteiger charge is 2.25. The van der Waals surface area contributed by atoms with Gasteiger partial charge in [-0.3, -0.25) is 9.78 Å². The van der Waals surface area contributed by atoms with Gasteiger partial charge in [0.2, 0.25) is 0 Å². The minimum atomic E-state index is 0.113. The van der Waals surface area contributed by atoms with Crippen LogP contribution < -0.4 is 5.32 Å². The molecule has 3 heterocycles. The van der Waals surface area contributed by atoms with Gasteiger partial charge in [-0.15, -0.1) is 0 Å². The van der Waals surface area contributed by atoms with Gasteiger partial charge >= 0.3 is 0 Å². The fraction of sp³-hybridized carbons (Fsp3) is 0.538. The standard InChI is InChI=1S/C26H34ClN3O2/c1-2-30-10-4-6-21(18-30)26(31)15-23-14-24(25(27)17-29-23)20-5-3-7-22(13-20)28-16-19-8-11-32-12-9-19/h3,5,7,13-14,17,19,21,28H,2,4,6,8-12,15-16,18H2,1H3/t21-/m1/s1. The molecule has 2 saturated heterocycles. The number of nitrogens with one attached hydrogen (secondary N) is 1. The molecule has 1 N–H and O–H groups in total. The molecule has 2 aliphatic rings. The average Bonchev–Trinajstić information content (AvgIpc) is 2.84. The summed E-state index contributed by atoms with van der Waals surface area (Å²) in [7, 11) is 0. The molecule has 5 nitrogen and oxygen atoms in total. The smallest absolute Gasteiger partial charge is 0.143 e. The van der Waals surface area contributed by atoms with E-state index in [1.54, 1.807) is 6.20 Å². The number of aromatic nitrogens is 1. The number of benzene rings is 1. The second-order valence-electron chi connectivity index (χ2n) is 9.05. The Bertz CT molecular complexity index is 914. The number of likely N-dealkylation sites (tertiary alicyclic amines) is 1. The van der Waals surface area contributed by atoms with Crippen LogP contribution in [0.5, 0.6) is 0 Å². The van der Waals surface area contributed by atoms with Crippen molar-refractivity contribution in [2.75, 3.05) is 44.7 Å². The molecular formula is C26H34ClN3O2. The van der Waals surface area contributed by atoms with Crippen LogP contribution in [0.1, 0.15) is 38.3 Å². The number of Topliss-reactive ketones (excluding diaryl/α,β-unsaturated/α-hetero) is 1. The van der Waals surface area contributed by atoms with Gasteiger partial charge in [0.1, 0.15) is 5.78 Å². The van der Waals surface area contributed by atoms with E-state index < -0.39 is 0 Å². The molecule has 0 aliphatic carbocycles. The van der Waals surface area contributed by atoms with Gasteiger partial charge in [0.15, 0.2) is 0 Å². The molecule has 1 atom stereocenters. The maximum Gasteiger partial charge on any atom is 0.143 e. The van der Waals surface area contributed by atoms with Gasteiger partial charge < -0.3 is 15.0 Å². The second kappa shape index (κ2) is 11.3. The van der Waals surface area contributed by atoms with Crippen LogP contribution in [0.3, 0.4) is 0 Å². The fourth-order valence-corrected chi connectivity index (χ4v) is 4.95. The molecule has 6 heteroatoms. The zero-order chi connectivity index (χ0) is 22.3. The summed E-state index contributed by atoms with van der Waals surface area (Å²) in [4.78, 5) is 19.8. The lowest BCUT2D eigenvalue weighted by molar-refractivity contribution is -0.123. The summed E-state index contributed by atoms with van der Waals surface area (Å²) in [6.07, 6.45) is 6.34. The van der Waals surface area contributed by atoms with Gasteiger partial charge in [-0.25, -0.2) is 0 Å². The molecule has 0 bridgehead atoms. The van der Waals surface area contributed by atoms with Crippen molar-refractivity contribution in [3.63, 3.8) is 0 Å². The van der Waals surface area contributed by atoms with Gasteiger partial charge in [-0.1, -0.05) is 30.7 Å². The highest BCUT2D eigenvalue weighted by Crippen LogP contribution is 2.30. The monoisotopic (exact) mass is 455 g/mol. The van der Waals surface area contributed by atoms with E-state index in [4.69, 9.17) is 16.3 Å². The van der Waals surface area contributed by atoms with Crippen molar-refractivity contribution in [3.05, 3.63) is 47.2 Å². The SMILES string of the molecule is CCN1CCC[C@@H](C(=O)Cc2cc(-c3cccc(NCC4CCOCC4)c3)c(Cl)cn2)C1. The Balaban J connectivity index is 1.43. The number of hydrogen-bond acceptors (Lipinski definition) is 5. The summed E-state index contributed by atoms with van der Waals surface area (Å²) in [5.41, 5.74) is 3.85. The normalized spacial score (nSPS) is 20.2. The largest absolute Gasteiger partial charge is 0.385 e. The Labute approximate surface area is 196 Å². The maximum absolute atomic E-state index is 12.9. The Hall–Kier alpha value is -1.95. The third kappa shape index (κ3) is 6.09. The molecule has 0 amide bonds. The van der Waals surface area contributed by atoms with E-state index in [9.17, 15) is 4.79 Å². The topological polar surface area (TPSA) is 54.5 Å². The first-order valence-electron chi connectivity index (χ1n) is 11.9. The molecule has 172 valence electrons. The lowest BCUT2D eigenvalue weighted by Gasteiger charge is -2.30. The first-order valence-corrected chi connectivity index (χ1v) is 12.3. The molecule has 0 radical (unpaired) electrons. The summed E-state index contributed by atoms with van der Waals surface area (Å²) in [5.74, 6) is 1.05. The number of halogens is 1. The number of carbonyl (C=O) groups excluding carboxylic acids is 1. The number of piperidine rings is 1. The summed E-state index contributed by atoms with van der Waals surface area (Å²) >= 11 is 6.52. The highest BCUT2D eigenvalue weighted by molar-refractivity contribution is 6.33. The van der Waals surface area contributed by atoms with E-state index in [1.807, 2.05) is 12.1 Å². The van der Waals surface area contributed by atoms with Crippen molar-refractivity contribution in [1.82, 2.24) is 9.88 Å². The Morgan fingerprint density at radius 1 is 1.25 bits per heavy atom. The zero-order valence-electron chi connectivity index (χ0n) is 19.0. The van der Waals surface area contributed by atoms with Crippen LogP contribution in [0, 0.1) is 11.8 Å². The molecular weight excluding hydrogens is 422 g/mol. The van der Waals surface area contributed by atoms with Gasteiger partial charge in [0.25, 0.3) is 0 Å². The van der Waals surface area contributed by atoms with Crippen molar-refractivity contribution >= 4 is 23.1 Å². The highest BCUT2D eigenvalue weighted by atomic mass is 35.5. The van der Waals surface area contributed by atoms with Crippen LogP contribution >= 0.6 is 11.6 Å². The van der Waals surface area contributed by atoms with E-state index in [2.05, 4.69) is 40.3 Å². The molecule has 1 aromatic heterocycles. The molecule has 1 aromatic carbocycles. The Kier molecular flexibility index (Phi) is 8.17.